The van der Waals surface area contributed by atoms with Crippen LogP contribution in [0.5, 0.6) is 5.75 Å². The zero-order valence-electron chi connectivity index (χ0n) is 16.2. The molecule has 0 saturated heterocycles. The lowest BCUT2D eigenvalue weighted by atomic mass is 9.86. The van der Waals surface area contributed by atoms with Gasteiger partial charge in [0.25, 0.3) is 0 Å². The average Bonchev–Trinajstić information content (AvgIpc) is 2.66. The van der Waals surface area contributed by atoms with E-state index in [4.69, 9.17) is 0 Å². The number of aromatic hydroxyl groups is 1. The number of hydrogen-bond acceptors (Lipinski definition) is 3. The second-order valence-electron chi connectivity index (χ2n) is 7.04. The van der Waals surface area contributed by atoms with Crippen molar-refractivity contribution in [2.45, 2.75) is 52.1 Å². The zero-order valence-corrected chi connectivity index (χ0v) is 16.2. The number of rotatable bonds is 8. The molecule has 2 atom stereocenters. The summed E-state index contributed by atoms with van der Waals surface area (Å²) in [5, 5.41) is 19.7. The fourth-order valence-corrected chi connectivity index (χ4v) is 3.49. The van der Waals surface area contributed by atoms with E-state index in [-0.39, 0.29) is 11.7 Å². The van der Waals surface area contributed by atoms with E-state index in [1.165, 1.54) is 0 Å². The summed E-state index contributed by atoms with van der Waals surface area (Å²) < 4.78 is 0. The van der Waals surface area contributed by atoms with Crippen molar-refractivity contribution in [1.29, 1.82) is 5.26 Å². The summed E-state index contributed by atoms with van der Waals surface area (Å²) >= 11 is 0. The smallest absolute Gasteiger partial charge is 0.148 e. The normalized spacial score (nSPS) is 13.4. The molecule has 2 rings (SSSR count). The van der Waals surface area contributed by atoms with E-state index in [1.807, 2.05) is 24.3 Å². The van der Waals surface area contributed by atoms with Crippen LogP contribution < -0.4 is 0 Å². The third kappa shape index (κ3) is 4.80. The minimum absolute atomic E-state index is 0.0507. The standard InChI is InChI=1S/C23H28N2O/c1-5-18(4)25(17(2)3)14-13-21(20-9-7-6-8-10-20)22-15-19(16-24)11-12-23(22)26/h5-12,15,17-18,21H,13-14H2,1-4H3/p+1. The molecule has 0 saturated carbocycles. The van der Waals surface area contributed by atoms with Gasteiger partial charge in [0.05, 0.1) is 25.0 Å². The number of nitriles is 1. The van der Waals surface area contributed by atoms with Crippen LogP contribution in [-0.4, -0.2) is 28.6 Å². The molecular weight excluding hydrogens is 320 g/mol. The van der Waals surface area contributed by atoms with Crippen LogP contribution in [0.1, 0.15) is 56.7 Å². The number of hydrogen-bond donors (Lipinski definition) is 1. The van der Waals surface area contributed by atoms with E-state index < -0.39 is 0 Å². The quantitative estimate of drug-likeness (QED) is 0.674. The van der Waals surface area contributed by atoms with Gasteiger partial charge in [-0.1, -0.05) is 30.3 Å². The van der Waals surface area contributed by atoms with Gasteiger partial charge in [-0.05, 0) is 51.0 Å². The third-order valence-corrected chi connectivity index (χ3v) is 5.08. The summed E-state index contributed by atoms with van der Waals surface area (Å²) in [5.41, 5.74) is 2.57. The fraction of sp³-hybridized carbons (Fsp3) is 0.391. The maximum atomic E-state index is 10.5. The molecule has 0 aromatic heterocycles. The first-order valence-electron chi connectivity index (χ1n) is 9.31. The second-order valence-corrected chi connectivity index (χ2v) is 7.04. The van der Waals surface area contributed by atoms with Gasteiger partial charge in [-0.15, -0.1) is 0 Å². The van der Waals surface area contributed by atoms with E-state index in [2.05, 4.69) is 57.2 Å². The second kappa shape index (κ2) is 9.31. The molecule has 136 valence electrons. The van der Waals surface area contributed by atoms with E-state index >= 15 is 0 Å². The molecule has 0 bridgehead atoms. The summed E-state index contributed by atoms with van der Waals surface area (Å²) in [6.45, 7) is 9.65. The van der Waals surface area contributed by atoms with Gasteiger partial charge in [0, 0.05) is 24.1 Å². The molecule has 0 spiro atoms. The molecular formula is C23H29N2O+. The number of benzene rings is 2. The first-order chi connectivity index (χ1) is 12.5. The molecule has 3 heteroatoms. The molecule has 0 heterocycles. The molecule has 1 N–H and O–H groups in total. The largest absolute Gasteiger partial charge is 0.508 e. The van der Waals surface area contributed by atoms with Crippen molar-refractivity contribution in [3.05, 3.63) is 71.6 Å². The fourth-order valence-electron chi connectivity index (χ4n) is 3.49. The molecule has 2 unspecified atom stereocenters. The van der Waals surface area contributed by atoms with Crippen molar-refractivity contribution >= 4 is 0 Å². The Labute approximate surface area is 157 Å². The zero-order chi connectivity index (χ0) is 19.1. The Kier molecular flexibility index (Phi) is 7.12. The van der Waals surface area contributed by atoms with Crippen molar-refractivity contribution in [3.63, 3.8) is 0 Å². The predicted molar refractivity (Wildman–Crippen MR) is 107 cm³/mol. The number of nitrogens with zero attached hydrogens (tertiary/aromatic N) is 2. The van der Waals surface area contributed by atoms with E-state index in [0.29, 0.717) is 17.6 Å². The van der Waals surface area contributed by atoms with Gasteiger partial charge in [-0.3, -0.25) is 4.90 Å². The van der Waals surface area contributed by atoms with Crippen molar-refractivity contribution in [2.24, 2.45) is 0 Å². The molecule has 2 aromatic rings. The maximum Gasteiger partial charge on any atom is 0.148 e. The van der Waals surface area contributed by atoms with Crippen LogP contribution in [0.2, 0.25) is 0 Å². The molecule has 0 amide bonds. The number of phenolic OH excluding ortho intramolecular Hbond substituents is 1. The van der Waals surface area contributed by atoms with Crippen LogP contribution in [0, 0.1) is 17.8 Å². The number of phenols is 1. The Morgan fingerprint density at radius 3 is 2.38 bits per heavy atom. The lowest BCUT2D eigenvalue weighted by Gasteiger charge is -2.30. The van der Waals surface area contributed by atoms with Gasteiger partial charge in [0.1, 0.15) is 11.8 Å². The van der Waals surface area contributed by atoms with E-state index in [1.54, 1.807) is 12.1 Å². The molecule has 2 aromatic carbocycles. The minimum Gasteiger partial charge on any atom is -0.508 e. The Morgan fingerprint density at radius 2 is 1.81 bits per heavy atom. The molecule has 0 fully saturated rings. The van der Waals surface area contributed by atoms with Gasteiger partial charge in [-0.25, -0.2) is 0 Å². The highest BCUT2D eigenvalue weighted by Gasteiger charge is 2.24. The third-order valence-electron chi connectivity index (χ3n) is 5.08. The first kappa shape index (κ1) is 19.9. The van der Waals surface area contributed by atoms with E-state index in [0.717, 1.165) is 24.1 Å². The van der Waals surface area contributed by atoms with Gasteiger partial charge in [0.2, 0.25) is 0 Å². The molecule has 0 aliphatic heterocycles. The molecule has 26 heavy (non-hydrogen) atoms. The summed E-state index contributed by atoms with van der Waals surface area (Å²) in [5.74, 6) is 0.304. The van der Waals surface area contributed by atoms with Crippen LogP contribution in [-0.2, 0) is 0 Å². The topological polar surface area (TPSA) is 47.3 Å². The van der Waals surface area contributed by atoms with Crippen LogP contribution in [0.25, 0.3) is 0 Å². The molecule has 0 radical (unpaired) electrons. The minimum atomic E-state index is 0.0507. The molecule has 3 nitrogen and oxygen atoms in total. The van der Waals surface area contributed by atoms with Gasteiger partial charge in [-0.2, -0.15) is 5.26 Å². The van der Waals surface area contributed by atoms with Gasteiger partial charge < -0.3 is 5.11 Å². The Hall–Kier alpha value is -2.44. The highest BCUT2D eigenvalue weighted by Crippen LogP contribution is 2.35. The summed E-state index contributed by atoms with van der Waals surface area (Å²) in [7, 11) is 0. The Bertz CT molecular complexity index is 734. The van der Waals surface area contributed by atoms with Crippen LogP contribution in [0.4, 0.5) is 0 Å². The molecule has 0 aliphatic carbocycles. The highest BCUT2D eigenvalue weighted by atomic mass is 16.3. The monoisotopic (exact) mass is 349 g/mol. The average molecular weight is 349 g/mol. The van der Waals surface area contributed by atoms with Crippen molar-refractivity contribution < 1.29 is 5.11 Å². The Balaban J connectivity index is 2.36. The van der Waals surface area contributed by atoms with Gasteiger partial charge in [0.15, 0.2) is 0 Å². The SMILES string of the molecule is C[CH+]C(C)N(CCC(c1ccccc1)c1cc(C#N)ccc1O)C(C)C. The summed E-state index contributed by atoms with van der Waals surface area (Å²) in [4.78, 5) is 2.46. The van der Waals surface area contributed by atoms with Gasteiger partial charge >= 0.3 is 0 Å². The predicted octanol–water partition coefficient (Wildman–Crippen LogP) is 5.11. The highest BCUT2D eigenvalue weighted by molar-refractivity contribution is 5.46. The van der Waals surface area contributed by atoms with Crippen LogP contribution >= 0.6 is 0 Å². The van der Waals surface area contributed by atoms with Crippen LogP contribution in [0.15, 0.2) is 48.5 Å². The first-order valence-corrected chi connectivity index (χ1v) is 9.31. The summed E-state index contributed by atoms with van der Waals surface area (Å²) in [6.07, 6.45) is 3.09. The summed E-state index contributed by atoms with van der Waals surface area (Å²) in [6, 6.07) is 18.4. The lowest BCUT2D eigenvalue weighted by molar-refractivity contribution is 0.178. The van der Waals surface area contributed by atoms with Crippen LogP contribution in [0.3, 0.4) is 0 Å². The van der Waals surface area contributed by atoms with Crippen molar-refractivity contribution in [3.8, 4) is 11.8 Å². The van der Waals surface area contributed by atoms with Crippen molar-refractivity contribution in [1.82, 2.24) is 4.90 Å². The maximum absolute atomic E-state index is 10.5. The lowest BCUT2D eigenvalue weighted by Crippen LogP contribution is -2.39. The van der Waals surface area contributed by atoms with E-state index in [9.17, 15) is 10.4 Å². The Morgan fingerprint density at radius 1 is 1.12 bits per heavy atom. The molecule has 0 aliphatic rings. The van der Waals surface area contributed by atoms with Crippen molar-refractivity contribution in [2.75, 3.05) is 6.54 Å².